The van der Waals surface area contributed by atoms with Crippen molar-refractivity contribution >= 4 is 28.0 Å². The molecule has 5 nitrogen and oxygen atoms in total. The van der Waals surface area contributed by atoms with E-state index in [9.17, 15) is 0 Å². The lowest BCUT2D eigenvalue weighted by atomic mass is 10.3. The summed E-state index contributed by atoms with van der Waals surface area (Å²) in [5.74, 6) is 1.67. The number of anilines is 3. The number of hydrogen-bond acceptors (Lipinski definition) is 6. The molecular formula is C12H17N5S. The van der Waals surface area contributed by atoms with Gasteiger partial charge in [0.15, 0.2) is 0 Å². The highest BCUT2D eigenvalue weighted by Crippen LogP contribution is 2.26. The first kappa shape index (κ1) is 12.8. The summed E-state index contributed by atoms with van der Waals surface area (Å²) in [5.41, 5.74) is 6.75. The Morgan fingerprint density at radius 1 is 1.44 bits per heavy atom. The van der Waals surface area contributed by atoms with Gasteiger partial charge in [0.1, 0.15) is 18.0 Å². The lowest BCUT2D eigenvalue weighted by Crippen LogP contribution is -2.25. The molecule has 0 spiro atoms. The van der Waals surface area contributed by atoms with Gasteiger partial charge in [0.25, 0.3) is 0 Å². The van der Waals surface area contributed by atoms with E-state index in [-0.39, 0.29) is 0 Å². The minimum atomic E-state index is 0.604. The summed E-state index contributed by atoms with van der Waals surface area (Å²) in [4.78, 5) is 10.5. The molecule has 0 radical (unpaired) electrons. The molecule has 0 aromatic carbocycles. The van der Waals surface area contributed by atoms with Gasteiger partial charge >= 0.3 is 0 Å². The highest BCUT2D eigenvalue weighted by atomic mass is 32.1. The Labute approximate surface area is 111 Å². The summed E-state index contributed by atoms with van der Waals surface area (Å²) in [7, 11) is 1.97. The first-order valence-electron chi connectivity index (χ1n) is 5.75. The SMILES string of the molecule is Cc1ccsc1Nc1cc(N(C)CCN)ncn1. The quantitative estimate of drug-likeness (QED) is 0.863. The van der Waals surface area contributed by atoms with E-state index in [0.717, 1.165) is 23.2 Å². The van der Waals surface area contributed by atoms with Crippen molar-refractivity contribution in [3.8, 4) is 0 Å². The van der Waals surface area contributed by atoms with E-state index in [4.69, 9.17) is 5.73 Å². The van der Waals surface area contributed by atoms with E-state index >= 15 is 0 Å². The zero-order valence-electron chi connectivity index (χ0n) is 10.6. The van der Waals surface area contributed by atoms with Gasteiger partial charge in [-0.15, -0.1) is 11.3 Å². The molecule has 0 aliphatic heterocycles. The highest BCUT2D eigenvalue weighted by Gasteiger charge is 2.05. The van der Waals surface area contributed by atoms with E-state index < -0.39 is 0 Å². The maximum atomic E-state index is 5.54. The van der Waals surface area contributed by atoms with Gasteiger partial charge in [0, 0.05) is 26.2 Å². The molecule has 2 aromatic heterocycles. The molecule has 0 fully saturated rings. The zero-order chi connectivity index (χ0) is 13.0. The molecule has 6 heteroatoms. The van der Waals surface area contributed by atoms with E-state index in [1.54, 1.807) is 17.7 Å². The number of hydrogen-bond donors (Lipinski definition) is 2. The molecule has 0 atom stereocenters. The number of rotatable bonds is 5. The molecule has 0 aliphatic carbocycles. The van der Waals surface area contributed by atoms with Crippen LogP contribution in [0.1, 0.15) is 5.56 Å². The molecule has 2 heterocycles. The molecule has 0 amide bonds. The standard InChI is InChI=1S/C12H17N5S/c1-9-3-6-18-12(9)16-10-7-11(15-8-14-10)17(2)5-4-13/h3,6-8H,4-5,13H2,1-2H3,(H,14,15,16). The van der Waals surface area contributed by atoms with Crippen molar-refractivity contribution in [2.45, 2.75) is 6.92 Å². The topological polar surface area (TPSA) is 67.1 Å². The second-order valence-corrected chi connectivity index (χ2v) is 4.95. The molecule has 0 saturated heterocycles. The second kappa shape index (κ2) is 5.79. The number of aromatic nitrogens is 2. The maximum Gasteiger partial charge on any atom is 0.136 e. The number of nitrogens with two attached hydrogens (primary N) is 1. The normalized spacial score (nSPS) is 10.4. The van der Waals surface area contributed by atoms with Crippen LogP contribution in [0.3, 0.4) is 0 Å². The summed E-state index contributed by atoms with van der Waals surface area (Å²) in [6, 6.07) is 4.00. The summed E-state index contributed by atoms with van der Waals surface area (Å²) < 4.78 is 0. The van der Waals surface area contributed by atoms with E-state index in [1.165, 1.54) is 5.56 Å². The average Bonchev–Trinajstić information content (AvgIpc) is 2.76. The van der Waals surface area contributed by atoms with Gasteiger partial charge in [-0.25, -0.2) is 9.97 Å². The van der Waals surface area contributed by atoms with Crippen LogP contribution in [-0.2, 0) is 0 Å². The number of nitrogens with zero attached hydrogens (tertiary/aromatic N) is 3. The van der Waals surface area contributed by atoms with Crippen molar-refractivity contribution in [2.75, 3.05) is 30.4 Å². The molecule has 2 aromatic rings. The summed E-state index contributed by atoms with van der Waals surface area (Å²) in [6.45, 7) is 3.45. The lowest BCUT2D eigenvalue weighted by molar-refractivity contribution is 0.864. The largest absolute Gasteiger partial charge is 0.358 e. The van der Waals surface area contributed by atoms with Crippen LogP contribution < -0.4 is 16.0 Å². The Morgan fingerprint density at radius 2 is 2.28 bits per heavy atom. The van der Waals surface area contributed by atoms with Crippen LogP contribution in [0.4, 0.5) is 16.6 Å². The minimum absolute atomic E-state index is 0.604. The maximum absolute atomic E-state index is 5.54. The van der Waals surface area contributed by atoms with Crippen molar-refractivity contribution < 1.29 is 0 Å². The predicted molar refractivity (Wildman–Crippen MR) is 76.7 cm³/mol. The first-order valence-corrected chi connectivity index (χ1v) is 6.63. The van der Waals surface area contributed by atoms with Gasteiger partial charge in [0.05, 0.1) is 5.00 Å². The Kier molecular flexibility index (Phi) is 4.11. The first-order chi connectivity index (χ1) is 8.70. The third-order valence-electron chi connectivity index (χ3n) is 2.61. The lowest BCUT2D eigenvalue weighted by Gasteiger charge is -2.17. The van der Waals surface area contributed by atoms with Crippen LogP contribution in [0.15, 0.2) is 23.8 Å². The number of nitrogens with one attached hydrogen (secondary N) is 1. The molecule has 18 heavy (non-hydrogen) atoms. The van der Waals surface area contributed by atoms with Gasteiger partial charge in [-0.3, -0.25) is 0 Å². The number of aryl methyl sites for hydroxylation is 1. The van der Waals surface area contributed by atoms with Crippen molar-refractivity contribution in [2.24, 2.45) is 5.73 Å². The average molecular weight is 263 g/mol. The van der Waals surface area contributed by atoms with Gasteiger partial charge in [-0.1, -0.05) is 0 Å². The number of thiophene rings is 1. The second-order valence-electron chi connectivity index (χ2n) is 4.03. The number of likely N-dealkylation sites (N-methyl/N-ethyl adjacent to an activating group) is 1. The molecule has 2 rings (SSSR count). The fourth-order valence-electron chi connectivity index (χ4n) is 1.55. The molecule has 0 aliphatic rings. The van der Waals surface area contributed by atoms with Gasteiger partial charge < -0.3 is 16.0 Å². The van der Waals surface area contributed by atoms with E-state index in [1.807, 2.05) is 18.0 Å². The smallest absolute Gasteiger partial charge is 0.136 e. The monoisotopic (exact) mass is 263 g/mol. The highest BCUT2D eigenvalue weighted by molar-refractivity contribution is 7.14. The van der Waals surface area contributed by atoms with Crippen molar-refractivity contribution in [1.82, 2.24) is 9.97 Å². The van der Waals surface area contributed by atoms with Crippen LogP contribution in [0.2, 0.25) is 0 Å². The van der Waals surface area contributed by atoms with Gasteiger partial charge in [0.2, 0.25) is 0 Å². The fraction of sp³-hybridized carbons (Fsp3) is 0.333. The van der Waals surface area contributed by atoms with Crippen molar-refractivity contribution in [3.63, 3.8) is 0 Å². The van der Waals surface area contributed by atoms with Crippen LogP contribution in [0, 0.1) is 6.92 Å². The predicted octanol–water partition coefficient (Wildman–Crippen LogP) is 1.99. The molecule has 0 saturated carbocycles. The zero-order valence-corrected chi connectivity index (χ0v) is 11.4. The van der Waals surface area contributed by atoms with Crippen LogP contribution in [0.5, 0.6) is 0 Å². The Balaban J connectivity index is 2.15. The summed E-state index contributed by atoms with van der Waals surface area (Å²) >= 11 is 1.66. The van der Waals surface area contributed by atoms with Gasteiger partial charge in [-0.2, -0.15) is 0 Å². The van der Waals surface area contributed by atoms with Crippen LogP contribution >= 0.6 is 11.3 Å². The Bertz CT molecular complexity index is 511. The minimum Gasteiger partial charge on any atom is -0.358 e. The fourth-order valence-corrected chi connectivity index (χ4v) is 2.38. The summed E-state index contributed by atoms with van der Waals surface area (Å²) in [5, 5.41) is 6.47. The van der Waals surface area contributed by atoms with E-state index in [2.05, 4.69) is 33.7 Å². The molecule has 96 valence electrons. The molecule has 0 unspecified atom stereocenters. The van der Waals surface area contributed by atoms with Crippen molar-refractivity contribution in [3.05, 3.63) is 29.4 Å². The Morgan fingerprint density at radius 3 is 2.94 bits per heavy atom. The Hall–Kier alpha value is -1.66. The summed E-state index contributed by atoms with van der Waals surface area (Å²) in [6.07, 6.45) is 1.56. The van der Waals surface area contributed by atoms with Crippen LogP contribution in [0.25, 0.3) is 0 Å². The third-order valence-corrected chi connectivity index (χ3v) is 3.54. The van der Waals surface area contributed by atoms with Gasteiger partial charge in [-0.05, 0) is 23.9 Å². The van der Waals surface area contributed by atoms with Crippen LogP contribution in [-0.4, -0.2) is 30.1 Å². The third kappa shape index (κ3) is 2.96. The van der Waals surface area contributed by atoms with E-state index in [0.29, 0.717) is 6.54 Å². The van der Waals surface area contributed by atoms with Crippen molar-refractivity contribution in [1.29, 1.82) is 0 Å². The molecule has 3 N–H and O–H groups in total. The molecule has 0 bridgehead atoms. The molecular weight excluding hydrogens is 246 g/mol.